The first-order valence-electron chi connectivity index (χ1n) is 9.80. The molecule has 1 atom stereocenters. The molecule has 0 aliphatic heterocycles. The number of rotatable bonds is 7. The van der Waals surface area contributed by atoms with Gasteiger partial charge < -0.3 is 10.6 Å². The van der Waals surface area contributed by atoms with Crippen molar-refractivity contribution in [1.29, 1.82) is 0 Å². The van der Waals surface area contributed by atoms with Crippen molar-refractivity contribution in [1.82, 2.24) is 20.4 Å². The Bertz CT molecular complexity index is 1010. The van der Waals surface area contributed by atoms with E-state index < -0.39 is 6.04 Å². The van der Waals surface area contributed by atoms with Crippen molar-refractivity contribution >= 4 is 11.8 Å². The molecule has 0 bridgehead atoms. The number of nitrogens with one attached hydrogen (secondary N) is 2. The molecule has 2 aromatic carbocycles. The number of amides is 2. The maximum Gasteiger partial charge on any atom is 0.243 e. The van der Waals surface area contributed by atoms with Crippen LogP contribution in [0.3, 0.4) is 0 Å². The SMILES string of the molecule is CC(=O)N[C@H](C(=O)NCc1cn(-c2ccccc2)nc1-c1ccc(F)cc1)C(C)C. The Hall–Kier alpha value is -3.48. The summed E-state index contributed by atoms with van der Waals surface area (Å²) in [4.78, 5) is 24.1. The van der Waals surface area contributed by atoms with E-state index >= 15 is 0 Å². The summed E-state index contributed by atoms with van der Waals surface area (Å²) in [6.45, 7) is 5.36. The van der Waals surface area contributed by atoms with Gasteiger partial charge in [-0.3, -0.25) is 9.59 Å². The fourth-order valence-electron chi connectivity index (χ4n) is 3.15. The summed E-state index contributed by atoms with van der Waals surface area (Å²) in [5, 5.41) is 10.2. The summed E-state index contributed by atoms with van der Waals surface area (Å²) < 4.78 is 15.1. The first-order valence-corrected chi connectivity index (χ1v) is 9.80. The number of aromatic nitrogens is 2. The molecule has 1 aromatic heterocycles. The first kappa shape index (κ1) is 21.2. The van der Waals surface area contributed by atoms with E-state index in [1.807, 2.05) is 50.4 Å². The van der Waals surface area contributed by atoms with Gasteiger partial charge in [0.25, 0.3) is 0 Å². The zero-order valence-corrected chi connectivity index (χ0v) is 17.2. The maximum absolute atomic E-state index is 13.4. The van der Waals surface area contributed by atoms with Gasteiger partial charge in [0.05, 0.1) is 11.4 Å². The van der Waals surface area contributed by atoms with Gasteiger partial charge in [0.2, 0.25) is 11.8 Å². The molecule has 0 aliphatic carbocycles. The highest BCUT2D eigenvalue weighted by Gasteiger charge is 2.23. The van der Waals surface area contributed by atoms with Crippen molar-refractivity contribution in [2.24, 2.45) is 5.92 Å². The van der Waals surface area contributed by atoms with Gasteiger partial charge in [-0.15, -0.1) is 0 Å². The second-order valence-electron chi connectivity index (χ2n) is 7.43. The summed E-state index contributed by atoms with van der Waals surface area (Å²) >= 11 is 0. The molecule has 0 saturated carbocycles. The second kappa shape index (κ2) is 9.35. The number of halogens is 1. The Morgan fingerprint density at radius 3 is 2.33 bits per heavy atom. The minimum absolute atomic E-state index is 0.0579. The third kappa shape index (κ3) is 5.11. The highest BCUT2D eigenvalue weighted by molar-refractivity contribution is 5.87. The third-order valence-corrected chi connectivity index (χ3v) is 4.69. The van der Waals surface area contributed by atoms with Crippen LogP contribution < -0.4 is 10.6 Å². The normalized spacial score (nSPS) is 11.9. The van der Waals surface area contributed by atoms with E-state index in [-0.39, 0.29) is 30.1 Å². The Kier molecular flexibility index (Phi) is 6.61. The molecule has 0 fully saturated rings. The average Bonchev–Trinajstić information content (AvgIpc) is 3.15. The van der Waals surface area contributed by atoms with Crippen LogP contribution in [-0.4, -0.2) is 27.6 Å². The summed E-state index contributed by atoms with van der Waals surface area (Å²) in [5.41, 5.74) is 3.05. The minimum atomic E-state index is -0.624. The molecule has 3 rings (SSSR count). The standard InChI is InChI=1S/C23H25FN4O2/c1-15(2)21(26-16(3)29)23(30)25-13-18-14-28(20-7-5-4-6-8-20)27-22(18)17-9-11-19(24)12-10-17/h4-12,14-15,21H,13H2,1-3H3,(H,25,30)(H,26,29)/t21-/m0/s1. The van der Waals surface area contributed by atoms with Crippen LogP contribution in [0.15, 0.2) is 60.8 Å². The van der Waals surface area contributed by atoms with E-state index in [9.17, 15) is 14.0 Å². The van der Waals surface area contributed by atoms with Crippen molar-refractivity contribution in [3.8, 4) is 16.9 Å². The van der Waals surface area contributed by atoms with Crippen molar-refractivity contribution in [3.05, 3.63) is 72.2 Å². The van der Waals surface area contributed by atoms with Crippen LogP contribution in [0, 0.1) is 11.7 Å². The summed E-state index contributed by atoms with van der Waals surface area (Å²) in [6.07, 6.45) is 1.84. The van der Waals surface area contributed by atoms with Gasteiger partial charge in [0.1, 0.15) is 11.9 Å². The van der Waals surface area contributed by atoms with Crippen LogP contribution in [0.4, 0.5) is 4.39 Å². The van der Waals surface area contributed by atoms with Crippen LogP contribution in [0.1, 0.15) is 26.3 Å². The molecule has 0 unspecified atom stereocenters. The lowest BCUT2D eigenvalue weighted by Gasteiger charge is -2.20. The molecule has 0 radical (unpaired) electrons. The molecule has 3 aromatic rings. The molecule has 7 heteroatoms. The van der Waals surface area contributed by atoms with E-state index in [0.717, 1.165) is 16.8 Å². The van der Waals surface area contributed by atoms with Crippen LogP contribution in [0.25, 0.3) is 16.9 Å². The average molecular weight is 408 g/mol. The fraction of sp³-hybridized carbons (Fsp3) is 0.261. The molecule has 0 spiro atoms. The summed E-state index contributed by atoms with van der Waals surface area (Å²) in [7, 11) is 0. The largest absolute Gasteiger partial charge is 0.350 e. The Morgan fingerprint density at radius 1 is 1.07 bits per heavy atom. The fourth-order valence-corrected chi connectivity index (χ4v) is 3.15. The van der Waals surface area contributed by atoms with E-state index in [1.54, 1.807) is 16.8 Å². The number of carbonyl (C=O) groups is 2. The molecular weight excluding hydrogens is 383 g/mol. The lowest BCUT2D eigenvalue weighted by Crippen LogP contribution is -2.48. The zero-order chi connectivity index (χ0) is 21.7. The van der Waals surface area contributed by atoms with Crippen LogP contribution in [0.2, 0.25) is 0 Å². The van der Waals surface area contributed by atoms with E-state index in [1.165, 1.54) is 19.1 Å². The highest BCUT2D eigenvalue weighted by Crippen LogP contribution is 2.24. The number of carbonyl (C=O) groups excluding carboxylic acids is 2. The zero-order valence-electron chi connectivity index (χ0n) is 17.2. The Labute approximate surface area is 175 Å². The lowest BCUT2D eigenvalue weighted by molar-refractivity contribution is -0.129. The van der Waals surface area contributed by atoms with Gasteiger partial charge >= 0.3 is 0 Å². The molecule has 1 heterocycles. The smallest absolute Gasteiger partial charge is 0.243 e. The first-order chi connectivity index (χ1) is 14.3. The number of para-hydroxylation sites is 1. The molecule has 30 heavy (non-hydrogen) atoms. The van der Waals surface area contributed by atoms with Crippen molar-refractivity contribution < 1.29 is 14.0 Å². The molecule has 0 saturated heterocycles. The van der Waals surface area contributed by atoms with E-state index in [2.05, 4.69) is 15.7 Å². The van der Waals surface area contributed by atoms with Gasteiger partial charge in [0.15, 0.2) is 0 Å². The number of nitrogens with zero attached hydrogens (tertiary/aromatic N) is 2. The molecule has 6 nitrogen and oxygen atoms in total. The van der Waals surface area contributed by atoms with Gasteiger partial charge in [-0.2, -0.15) is 5.10 Å². The highest BCUT2D eigenvalue weighted by atomic mass is 19.1. The van der Waals surface area contributed by atoms with Gasteiger partial charge in [-0.25, -0.2) is 9.07 Å². The van der Waals surface area contributed by atoms with Crippen LogP contribution >= 0.6 is 0 Å². The van der Waals surface area contributed by atoms with Gasteiger partial charge in [-0.1, -0.05) is 32.0 Å². The Morgan fingerprint density at radius 2 is 1.73 bits per heavy atom. The maximum atomic E-state index is 13.4. The van der Waals surface area contributed by atoms with Gasteiger partial charge in [0, 0.05) is 30.8 Å². The van der Waals surface area contributed by atoms with Crippen LogP contribution in [-0.2, 0) is 16.1 Å². The predicted octanol–water partition coefficient (Wildman–Crippen LogP) is 3.46. The Balaban J connectivity index is 1.88. The molecule has 0 aliphatic rings. The van der Waals surface area contributed by atoms with Crippen molar-refractivity contribution in [2.45, 2.75) is 33.4 Å². The third-order valence-electron chi connectivity index (χ3n) is 4.69. The molecule has 2 N–H and O–H groups in total. The topological polar surface area (TPSA) is 76.0 Å². The number of hydrogen-bond acceptors (Lipinski definition) is 3. The summed E-state index contributed by atoms with van der Waals surface area (Å²) in [6, 6.07) is 15.1. The van der Waals surface area contributed by atoms with Gasteiger partial charge in [-0.05, 0) is 42.3 Å². The number of hydrogen-bond donors (Lipinski definition) is 2. The van der Waals surface area contributed by atoms with Crippen molar-refractivity contribution in [2.75, 3.05) is 0 Å². The second-order valence-corrected chi connectivity index (χ2v) is 7.43. The molecule has 2 amide bonds. The summed E-state index contributed by atoms with van der Waals surface area (Å²) in [5.74, 6) is -0.908. The molecule has 156 valence electrons. The number of benzene rings is 2. The lowest BCUT2D eigenvalue weighted by atomic mass is 10.0. The van der Waals surface area contributed by atoms with Crippen molar-refractivity contribution in [3.63, 3.8) is 0 Å². The molecular formula is C23H25FN4O2. The van der Waals surface area contributed by atoms with E-state index in [0.29, 0.717) is 5.69 Å². The predicted molar refractivity (Wildman–Crippen MR) is 113 cm³/mol. The van der Waals surface area contributed by atoms with Crippen LogP contribution in [0.5, 0.6) is 0 Å². The monoisotopic (exact) mass is 408 g/mol. The minimum Gasteiger partial charge on any atom is -0.350 e. The quantitative estimate of drug-likeness (QED) is 0.629. The van der Waals surface area contributed by atoms with E-state index in [4.69, 9.17) is 0 Å².